The molecule has 34 heavy (non-hydrogen) atoms. The number of nitrogens with zero attached hydrogens (tertiary/aromatic N) is 4. The van der Waals surface area contributed by atoms with Gasteiger partial charge in [0.1, 0.15) is 5.82 Å². The van der Waals surface area contributed by atoms with Gasteiger partial charge in [0, 0.05) is 41.5 Å². The first-order chi connectivity index (χ1) is 16.4. The predicted octanol–water partition coefficient (Wildman–Crippen LogP) is 4.69. The fraction of sp³-hybridized carbons (Fsp3) is 0.280. The number of fused-ring (bicyclic) bond motifs is 1. The van der Waals surface area contributed by atoms with E-state index in [4.69, 9.17) is 11.6 Å². The SMILES string of the molecule is CCNC(=O)CC(Cc1ccccc1)Nc1cc(C)nc2nc(Nc3cc(Cl)ccc3C)nn12. The van der Waals surface area contributed by atoms with E-state index in [2.05, 4.69) is 43.1 Å². The number of aromatic nitrogens is 4. The maximum absolute atomic E-state index is 12.4. The Bertz CT molecular complexity index is 1290. The molecule has 2 aromatic heterocycles. The molecular weight excluding hydrogens is 450 g/mol. The number of carbonyl (C=O) groups is 1. The molecule has 0 radical (unpaired) electrons. The topological polar surface area (TPSA) is 96.2 Å². The number of benzene rings is 2. The summed E-state index contributed by atoms with van der Waals surface area (Å²) < 4.78 is 1.66. The summed E-state index contributed by atoms with van der Waals surface area (Å²) in [5.41, 5.74) is 3.79. The molecule has 0 aliphatic carbocycles. The number of carbonyl (C=O) groups excluding carboxylic acids is 1. The van der Waals surface area contributed by atoms with E-state index in [-0.39, 0.29) is 11.9 Å². The van der Waals surface area contributed by atoms with Crippen LogP contribution in [0.25, 0.3) is 5.78 Å². The molecule has 176 valence electrons. The summed E-state index contributed by atoms with van der Waals surface area (Å²) in [7, 11) is 0. The van der Waals surface area contributed by atoms with Crippen LogP contribution in [0.5, 0.6) is 0 Å². The van der Waals surface area contributed by atoms with E-state index in [9.17, 15) is 4.79 Å². The first-order valence-electron chi connectivity index (χ1n) is 11.3. The van der Waals surface area contributed by atoms with Crippen molar-refractivity contribution in [3.8, 4) is 0 Å². The minimum Gasteiger partial charge on any atom is -0.366 e. The van der Waals surface area contributed by atoms with Crippen LogP contribution in [0.4, 0.5) is 17.5 Å². The summed E-state index contributed by atoms with van der Waals surface area (Å²) in [6.07, 6.45) is 1.01. The van der Waals surface area contributed by atoms with Gasteiger partial charge >= 0.3 is 0 Å². The lowest BCUT2D eigenvalue weighted by Gasteiger charge is -2.20. The molecule has 4 aromatic rings. The first-order valence-corrected chi connectivity index (χ1v) is 11.6. The molecule has 0 bridgehead atoms. The zero-order valence-electron chi connectivity index (χ0n) is 19.5. The minimum absolute atomic E-state index is 0.00432. The number of anilines is 3. The third-order valence-corrected chi connectivity index (χ3v) is 5.60. The zero-order valence-corrected chi connectivity index (χ0v) is 20.2. The van der Waals surface area contributed by atoms with Gasteiger partial charge in [-0.15, -0.1) is 5.10 Å². The number of rotatable bonds is 9. The van der Waals surface area contributed by atoms with E-state index in [0.29, 0.717) is 36.1 Å². The molecule has 4 rings (SSSR count). The van der Waals surface area contributed by atoms with Crippen molar-refractivity contribution < 1.29 is 4.79 Å². The molecule has 0 fully saturated rings. The van der Waals surface area contributed by atoms with Crippen LogP contribution in [0, 0.1) is 13.8 Å². The Morgan fingerprint density at radius 2 is 1.88 bits per heavy atom. The first kappa shape index (κ1) is 23.5. The van der Waals surface area contributed by atoms with Gasteiger partial charge < -0.3 is 16.0 Å². The lowest BCUT2D eigenvalue weighted by Crippen LogP contribution is -2.33. The molecule has 1 unspecified atom stereocenters. The highest BCUT2D eigenvalue weighted by molar-refractivity contribution is 6.30. The second-order valence-corrected chi connectivity index (χ2v) is 8.64. The smallest absolute Gasteiger partial charge is 0.256 e. The van der Waals surface area contributed by atoms with Crippen LogP contribution < -0.4 is 16.0 Å². The van der Waals surface area contributed by atoms with E-state index in [1.165, 1.54) is 0 Å². The van der Waals surface area contributed by atoms with Gasteiger partial charge in [-0.3, -0.25) is 4.79 Å². The highest BCUT2D eigenvalue weighted by Crippen LogP contribution is 2.24. The maximum Gasteiger partial charge on any atom is 0.256 e. The van der Waals surface area contributed by atoms with Gasteiger partial charge in [0.05, 0.1) is 0 Å². The van der Waals surface area contributed by atoms with Crippen LogP contribution in [-0.4, -0.2) is 38.1 Å². The van der Waals surface area contributed by atoms with E-state index >= 15 is 0 Å². The Morgan fingerprint density at radius 3 is 2.65 bits per heavy atom. The highest BCUT2D eigenvalue weighted by Gasteiger charge is 2.18. The van der Waals surface area contributed by atoms with Crippen molar-refractivity contribution in [2.45, 2.75) is 39.7 Å². The number of hydrogen-bond acceptors (Lipinski definition) is 6. The van der Waals surface area contributed by atoms with Gasteiger partial charge in [0.2, 0.25) is 11.9 Å². The van der Waals surface area contributed by atoms with Crippen LogP contribution in [0.3, 0.4) is 0 Å². The fourth-order valence-electron chi connectivity index (χ4n) is 3.77. The number of aryl methyl sites for hydroxylation is 2. The summed E-state index contributed by atoms with van der Waals surface area (Å²) in [6.45, 7) is 6.40. The predicted molar refractivity (Wildman–Crippen MR) is 136 cm³/mol. The lowest BCUT2D eigenvalue weighted by molar-refractivity contribution is -0.121. The van der Waals surface area contributed by atoms with Crippen LogP contribution in [0.2, 0.25) is 5.02 Å². The minimum atomic E-state index is -0.144. The van der Waals surface area contributed by atoms with Crippen molar-refractivity contribution >= 4 is 40.7 Å². The largest absolute Gasteiger partial charge is 0.366 e. The number of hydrogen-bond donors (Lipinski definition) is 3. The zero-order chi connectivity index (χ0) is 24.1. The van der Waals surface area contributed by atoms with Crippen molar-refractivity contribution in [2.24, 2.45) is 0 Å². The summed E-state index contributed by atoms with van der Waals surface area (Å²) in [4.78, 5) is 21.5. The fourth-order valence-corrected chi connectivity index (χ4v) is 3.94. The van der Waals surface area contributed by atoms with Crippen LogP contribution in [-0.2, 0) is 11.2 Å². The summed E-state index contributed by atoms with van der Waals surface area (Å²) in [6, 6.07) is 17.5. The molecule has 0 aliphatic rings. The number of amides is 1. The third kappa shape index (κ3) is 5.82. The molecule has 0 spiro atoms. The van der Waals surface area contributed by atoms with Crippen LogP contribution >= 0.6 is 11.6 Å². The summed E-state index contributed by atoms with van der Waals surface area (Å²) in [5, 5.41) is 14.9. The number of halogens is 1. The average molecular weight is 478 g/mol. The standard InChI is InChI=1S/C25H28ClN7O/c1-4-27-23(34)15-20(13-18-8-6-5-7-9-18)29-22-12-17(3)28-25-31-24(32-33(22)25)30-21-14-19(26)11-10-16(21)2/h5-12,14,20,29H,4,13,15H2,1-3H3,(H,27,34)(H,30,32). The van der Waals surface area contributed by atoms with Gasteiger partial charge in [-0.05, 0) is 50.5 Å². The molecule has 1 atom stereocenters. The molecule has 1 amide bonds. The lowest BCUT2D eigenvalue weighted by atomic mass is 10.0. The van der Waals surface area contributed by atoms with Gasteiger partial charge in [0.15, 0.2) is 0 Å². The third-order valence-electron chi connectivity index (χ3n) is 5.37. The summed E-state index contributed by atoms with van der Waals surface area (Å²) >= 11 is 6.15. The number of nitrogens with one attached hydrogen (secondary N) is 3. The Morgan fingerprint density at radius 1 is 1.09 bits per heavy atom. The average Bonchev–Trinajstić information content (AvgIpc) is 3.19. The second kappa shape index (κ2) is 10.5. The van der Waals surface area contributed by atoms with E-state index in [1.807, 2.05) is 63.2 Å². The van der Waals surface area contributed by atoms with Crippen molar-refractivity contribution in [3.63, 3.8) is 0 Å². The Hall–Kier alpha value is -3.65. The molecule has 8 nitrogen and oxygen atoms in total. The molecule has 2 heterocycles. The maximum atomic E-state index is 12.4. The van der Waals surface area contributed by atoms with Crippen molar-refractivity contribution in [3.05, 3.63) is 76.4 Å². The van der Waals surface area contributed by atoms with Crippen molar-refractivity contribution in [1.29, 1.82) is 0 Å². The van der Waals surface area contributed by atoms with Crippen molar-refractivity contribution in [2.75, 3.05) is 17.2 Å². The second-order valence-electron chi connectivity index (χ2n) is 8.20. The molecule has 9 heteroatoms. The molecule has 3 N–H and O–H groups in total. The summed E-state index contributed by atoms with van der Waals surface area (Å²) in [5.74, 6) is 1.59. The van der Waals surface area contributed by atoms with Crippen LogP contribution in [0.1, 0.15) is 30.2 Å². The molecule has 0 aliphatic heterocycles. The molecular formula is C25H28ClN7O. The van der Waals surface area contributed by atoms with Crippen LogP contribution in [0.15, 0.2) is 54.6 Å². The monoisotopic (exact) mass is 477 g/mol. The molecule has 0 saturated carbocycles. The van der Waals surface area contributed by atoms with E-state index < -0.39 is 0 Å². The Balaban J connectivity index is 1.64. The molecule has 0 saturated heterocycles. The normalized spacial score (nSPS) is 11.9. The van der Waals surface area contributed by atoms with E-state index in [1.54, 1.807) is 4.52 Å². The van der Waals surface area contributed by atoms with Gasteiger partial charge in [-0.1, -0.05) is 48.0 Å². The van der Waals surface area contributed by atoms with Gasteiger partial charge in [-0.25, -0.2) is 4.98 Å². The highest BCUT2D eigenvalue weighted by atomic mass is 35.5. The molecule has 2 aromatic carbocycles. The van der Waals surface area contributed by atoms with E-state index in [0.717, 1.165) is 28.3 Å². The quantitative estimate of drug-likeness (QED) is 0.323. The van der Waals surface area contributed by atoms with Gasteiger partial charge in [0.25, 0.3) is 5.78 Å². The van der Waals surface area contributed by atoms with Gasteiger partial charge in [-0.2, -0.15) is 9.50 Å². The Kier molecular flexibility index (Phi) is 7.27. The van der Waals surface area contributed by atoms with Crippen molar-refractivity contribution in [1.82, 2.24) is 24.9 Å². The Labute approximate surface area is 203 Å².